The molecule has 5 heteroatoms. The first-order valence-electron chi connectivity index (χ1n) is 10.3. The van der Waals surface area contributed by atoms with Gasteiger partial charge >= 0.3 is 0 Å². The van der Waals surface area contributed by atoms with Crippen LogP contribution >= 0.6 is 11.3 Å². The number of hydrogen-bond donors (Lipinski definition) is 2. The number of thiophene rings is 1. The van der Waals surface area contributed by atoms with Gasteiger partial charge in [-0.2, -0.15) is 0 Å². The number of rotatable bonds is 5. The average Bonchev–Trinajstić information content (AvgIpc) is 3.04. The Morgan fingerprint density at radius 1 is 1.32 bits per heavy atom. The molecule has 2 heterocycles. The molecule has 1 aliphatic carbocycles. The molecule has 0 fully saturated rings. The third kappa shape index (κ3) is 3.65. The summed E-state index contributed by atoms with van der Waals surface area (Å²) in [5.41, 5.74) is 3.79. The van der Waals surface area contributed by atoms with E-state index in [-0.39, 0.29) is 17.6 Å². The van der Waals surface area contributed by atoms with E-state index < -0.39 is 0 Å². The van der Waals surface area contributed by atoms with Crippen molar-refractivity contribution in [1.29, 1.82) is 0 Å². The summed E-state index contributed by atoms with van der Waals surface area (Å²) in [6.07, 6.45) is 4.21. The van der Waals surface area contributed by atoms with Crippen molar-refractivity contribution in [1.82, 2.24) is 15.3 Å². The molecule has 28 heavy (non-hydrogen) atoms. The maximum Gasteiger partial charge on any atom is 0.259 e. The van der Waals surface area contributed by atoms with Gasteiger partial charge in [-0.25, -0.2) is 4.98 Å². The second kappa shape index (κ2) is 7.80. The summed E-state index contributed by atoms with van der Waals surface area (Å²) >= 11 is 1.71. The summed E-state index contributed by atoms with van der Waals surface area (Å²) in [5.74, 6) is 1.43. The zero-order valence-electron chi connectivity index (χ0n) is 17.1. The lowest BCUT2D eigenvalue weighted by Crippen LogP contribution is -2.27. The monoisotopic (exact) mass is 395 g/mol. The SMILES string of the molecule is CC[C@H](N[C@H](C)c1nc2sc3c(c2c(=O)[nH]1)CC[C@@H](C)C3)c1ccc(C)cc1. The molecule has 4 rings (SSSR count). The summed E-state index contributed by atoms with van der Waals surface area (Å²) in [7, 11) is 0. The maximum absolute atomic E-state index is 12.9. The van der Waals surface area contributed by atoms with Gasteiger partial charge in [0.25, 0.3) is 5.56 Å². The highest BCUT2D eigenvalue weighted by molar-refractivity contribution is 7.18. The summed E-state index contributed by atoms with van der Waals surface area (Å²) < 4.78 is 0. The Kier molecular flexibility index (Phi) is 5.39. The van der Waals surface area contributed by atoms with Crippen molar-refractivity contribution in [3.05, 3.63) is 62.0 Å². The van der Waals surface area contributed by atoms with E-state index in [0.29, 0.717) is 5.92 Å². The fourth-order valence-electron chi connectivity index (χ4n) is 4.20. The van der Waals surface area contributed by atoms with Gasteiger partial charge < -0.3 is 10.3 Å². The Morgan fingerprint density at radius 3 is 2.79 bits per heavy atom. The summed E-state index contributed by atoms with van der Waals surface area (Å²) in [6.45, 7) is 8.65. The molecule has 0 amide bonds. The Bertz CT molecular complexity index is 1030. The standard InChI is InChI=1S/C23H29N3OS/c1-5-18(16-9-6-13(2)7-10-16)24-15(4)21-25-22(27)20-17-11-8-14(3)12-19(17)28-23(20)26-21/h6-7,9-10,14-15,18,24H,5,8,11-12H2,1-4H3,(H,25,26,27)/t14-,15-,18+/m1/s1. The summed E-state index contributed by atoms with van der Waals surface area (Å²) in [6, 6.07) is 8.85. The number of aromatic amines is 1. The number of hydrogen-bond acceptors (Lipinski definition) is 4. The van der Waals surface area contributed by atoms with Crippen molar-refractivity contribution in [2.75, 3.05) is 0 Å². The molecule has 148 valence electrons. The number of benzene rings is 1. The fourth-order valence-corrected chi connectivity index (χ4v) is 5.59. The van der Waals surface area contributed by atoms with Gasteiger partial charge in [0.15, 0.2) is 0 Å². The summed E-state index contributed by atoms with van der Waals surface area (Å²) in [5, 5.41) is 4.48. The molecule has 0 aliphatic heterocycles. The van der Waals surface area contributed by atoms with Crippen LogP contribution in [0.5, 0.6) is 0 Å². The molecule has 0 spiro atoms. The molecular formula is C23H29N3OS. The number of H-pyrrole nitrogens is 1. The van der Waals surface area contributed by atoms with Gasteiger partial charge in [0, 0.05) is 10.9 Å². The predicted molar refractivity (Wildman–Crippen MR) is 117 cm³/mol. The van der Waals surface area contributed by atoms with Crippen LogP contribution in [0.15, 0.2) is 29.1 Å². The molecule has 1 aliphatic rings. The van der Waals surface area contributed by atoms with E-state index >= 15 is 0 Å². The highest BCUT2D eigenvalue weighted by atomic mass is 32.1. The minimum absolute atomic E-state index is 0.0177. The molecule has 0 saturated heterocycles. The lowest BCUT2D eigenvalue weighted by molar-refractivity contribution is 0.443. The molecule has 1 aromatic carbocycles. The quantitative estimate of drug-likeness (QED) is 0.623. The first-order valence-corrected chi connectivity index (χ1v) is 11.1. The van der Waals surface area contributed by atoms with Crippen molar-refractivity contribution < 1.29 is 0 Å². The number of nitrogens with zero attached hydrogens (tertiary/aromatic N) is 1. The highest BCUT2D eigenvalue weighted by Gasteiger charge is 2.24. The molecular weight excluding hydrogens is 366 g/mol. The third-order valence-corrected chi connectivity index (χ3v) is 7.08. The first kappa shape index (κ1) is 19.3. The lowest BCUT2D eigenvalue weighted by Gasteiger charge is -2.22. The number of nitrogens with one attached hydrogen (secondary N) is 2. The van der Waals surface area contributed by atoms with Crippen LogP contribution in [-0.2, 0) is 12.8 Å². The topological polar surface area (TPSA) is 57.8 Å². The molecule has 2 aromatic heterocycles. The van der Waals surface area contributed by atoms with E-state index in [1.54, 1.807) is 11.3 Å². The van der Waals surface area contributed by atoms with Crippen LogP contribution in [0.25, 0.3) is 10.2 Å². The Hall–Kier alpha value is -1.98. The van der Waals surface area contributed by atoms with Gasteiger partial charge in [-0.15, -0.1) is 11.3 Å². The van der Waals surface area contributed by atoms with Crippen LogP contribution in [0.2, 0.25) is 0 Å². The van der Waals surface area contributed by atoms with Gasteiger partial charge in [0.05, 0.1) is 11.4 Å². The minimum Gasteiger partial charge on any atom is -0.309 e. The normalized spacial score (nSPS) is 18.8. The van der Waals surface area contributed by atoms with Crippen LogP contribution in [0.1, 0.15) is 73.1 Å². The Balaban J connectivity index is 1.63. The smallest absolute Gasteiger partial charge is 0.259 e. The highest BCUT2D eigenvalue weighted by Crippen LogP contribution is 2.36. The second-order valence-corrected chi connectivity index (χ2v) is 9.33. The van der Waals surface area contributed by atoms with Crippen molar-refractivity contribution in [3.8, 4) is 0 Å². The Morgan fingerprint density at radius 2 is 2.07 bits per heavy atom. The average molecular weight is 396 g/mol. The predicted octanol–water partition coefficient (Wildman–Crippen LogP) is 5.22. The van der Waals surface area contributed by atoms with Crippen LogP contribution in [0.4, 0.5) is 0 Å². The molecule has 0 bridgehead atoms. The van der Waals surface area contributed by atoms with E-state index in [4.69, 9.17) is 4.98 Å². The third-order valence-electron chi connectivity index (χ3n) is 5.93. The van der Waals surface area contributed by atoms with E-state index in [0.717, 1.165) is 41.7 Å². The second-order valence-electron chi connectivity index (χ2n) is 8.24. The molecule has 3 atom stereocenters. The maximum atomic E-state index is 12.9. The van der Waals surface area contributed by atoms with E-state index in [1.807, 2.05) is 0 Å². The van der Waals surface area contributed by atoms with Crippen molar-refractivity contribution in [3.63, 3.8) is 0 Å². The van der Waals surface area contributed by atoms with Crippen LogP contribution in [0, 0.1) is 12.8 Å². The Labute approximate surface area is 170 Å². The van der Waals surface area contributed by atoms with Crippen molar-refractivity contribution in [2.45, 2.75) is 65.5 Å². The van der Waals surface area contributed by atoms with Gasteiger partial charge in [-0.1, -0.05) is 43.7 Å². The van der Waals surface area contributed by atoms with Crippen molar-refractivity contribution >= 4 is 21.6 Å². The molecule has 0 radical (unpaired) electrons. The zero-order chi connectivity index (χ0) is 19.8. The number of fused-ring (bicyclic) bond motifs is 3. The van der Waals surface area contributed by atoms with Crippen LogP contribution in [0.3, 0.4) is 0 Å². The van der Waals surface area contributed by atoms with E-state index in [2.05, 4.69) is 62.3 Å². The van der Waals surface area contributed by atoms with Gasteiger partial charge in [0.1, 0.15) is 10.7 Å². The van der Waals surface area contributed by atoms with Crippen LogP contribution < -0.4 is 10.9 Å². The molecule has 3 aromatic rings. The largest absolute Gasteiger partial charge is 0.309 e. The molecule has 0 unspecified atom stereocenters. The first-order chi connectivity index (χ1) is 13.5. The van der Waals surface area contributed by atoms with Gasteiger partial charge in [0.2, 0.25) is 0 Å². The lowest BCUT2D eigenvalue weighted by atomic mass is 9.89. The van der Waals surface area contributed by atoms with E-state index in [9.17, 15) is 4.79 Å². The minimum atomic E-state index is -0.0265. The molecule has 2 N–H and O–H groups in total. The number of aryl methyl sites for hydroxylation is 2. The molecule has 4 nitrogen and oxygen atoms in total. The fraction of sp³-hybridized carbons (Fsp3) is 0.478. The molecule has 0 saturated carbocycles. The van der Waals surface area contributed by atoms with Crippen molar-refractivity contribution in [2.24, 2.45) is 5.92 Å². The summed E-state index contributed by atoms with van der Waals surface area (Å²) in [4.78, 5) is 23.0. The number of aromatic nitrogens is 2. The zero-order valence-corrected chi connectivity index (χ0v) is 18.0. The van der Waals surface area contributed by atoms with Gasteiger partial charge in [-0.3, -0.25) is 4.79 Å². The van der Waals surface area contributed by atoms with E-state index in [1.165, 1.54) is 21.6 Å². The van der Waals surface area contributed by atoms with Crippen LogP contribution in [-0.4, -0.2) is 9.97 Å². The van der Waals surface area contributed by atoms with Gasteiger partial charge in [-0.05, 0) is 56.6 Å².